The van der Waals surface area contributed by atoms with Crippen LogP contribution in [0.3, 0.4) is 0 Å². The van der Waals surface area contributed by atoms with Crippen molar-refractivity contribution in [2.45, 2.75) is 33.2 Å². The predicted molar refractivity (Wildman–Crippen MR) is 86.8 cm³/mol. The van der Waals surface area contributed by atoms with Crippen LogP contribution in [0.1, 0.15) is 32.6 Å². The molecule has 2 rings (SSSR count). The summed E-state index contributed by atoms with van der Waals surface area (Å²) in [7, 11) is 0. The fourth-order valence-corrected chi connectivity index (χ4v) is 2.66. The van der Waals surface area contributed by atoms with Gasteiger partial charge in [-0.15, -0.1) is 0 Å². The van der Waals surface area contributed by atoms with Gasteiger partial charge in [-0.2, -0.15) is 13.2 Å². The molecule has 5 heteroatoms. The monoisotopic (exact) mass is 338 g/mol. The van der Waals surface area contributed by atoms with Crippen molar-refractivity contribution < 1.29 is 23.0 Å². The van der Waals surface area contributed by atoms with Crippen molar-refractivity contribution in [1.82, 2.24) is 0 Å². The fourth-order valence-electron chi connectivity index (χ4n) is 2.66. The summed E-state index contributed by atoms with van der Waals surface area (Å²) in [6, 6.07) is 8.69. The lowest BCUT2D eigenvalue weighted by Crippen LogP contribution is -2.36. The maximum Gasteiger partial charge on any atom is 0.392 e. The van der Waals surface area contributed by atoms with Crippen LogP contribution in [0.25, 0.3) is 0 Å². The van der Waals surface area contributed by atoms with Gasteiger partial charge in [-0.25, -0.2) is 0 Å². The second kappa shape index (κ2) is 6.85. The van der Waals surface area contributed by atoms with Crippen LogP contribution in [-0.4, -0.2) is 11.3 Å². The minimum Gasteiger partial charge on any atom is -0.461 e. The Morgan fingerprint density at radius 3 is 2.33 bits per heavy atom. The number of ether oxygens (including phenoxy) is 1. The van der Waals surface area contributed by atoms with Gasteiger partial charge in [0.25, 0.3) is 0 Å². The van der Waals surface area contributed by atoms with Gasteiger partial charge >= 0.3 is 6.18 Å². The third-order valence-electron chi connectivity index (χ3n) is 4.69. The molecule has 0 bridgehead atoms. The first-order valence-corrected chi connectivity index (χ1v) is 7.70. The van der Waals surface area contributed by atoms with Gasteiger partial charge in [-0.1, -0.05) is 62.4 Å². The average molecular weight is 338 g/mol. The van der Waals surface area contributed by atoms with Gasteiger partial charge in [0.05, 0.1) is 5.92 Å². The molecule has 2 nitrogen and oxygen atoms in total. The summed E-state index contributed by atoms with van der Waals surface area (Å²) in [5, 5.41) is 10.2. The van der Waals surface area contributed by atoms with Gasteiger partial charge in [-0.05, 0) is 18.6 Å². The summed E-state index contributed by atoms with van der Waals surface area (Å²) < 4.78 is 45.4. The molecule has 0 saturated carbocycles. The largest absolute Gasteiger partial charge is 0.461 e. The predicted octanol–water partition coefficient (Wildman–Crippen LogP) is 5.30. The molecule has 24 heavy (non-hydrogen) atoms. The van der Waals surface area contributed by atoms with Crippen LogP contribution in [-0.2, 0) is 4.74 Å². The molecule has 0 radical (unpaired) electrons. The van der Waals surface area contributed by atoms with E-state index in [1.807, 2.05) is 0 Å². The quantitative estimate of drug-likeness (QED) is 0.755. The van der Waals surface area contributed by atoms with Crippen LogP contribution < -0.4 is 0 Å². The Morgan fingerprint density at radius 2 is 1.75 bits per heavy atom. The lowest BCUT2D eigenvalue weighted by Gasteiger charge is -2.36. The van der Waals surface area contributed by atoms with Gasteiger partial charge in [-0.3, -0.25) is 0 Å². The summed E-state index contributed by atoms with van der Waals surface area (Å²) in [5.74, 6) is -1.34. The van der Waals surface area contributed by atoms with E-state index in [9.17, 15) is 18.3 Å². The van der Waals surface area contributed by atoms with Gasteiger partial charge in [0, 0.05) is 11.0 Å². The second-order valence-corrected chi connectivity index (χ2v) is 6.13. The van der Waals surface area contributed by atoms with E-state index in [-0.39, 0.29) is 5.76 Å². The van der Waals surface area contributed by atoms with Crippen molar-refractivity contribution >= 4 is 0 Å². The molecule has 130 valence electrons. The van der Waals surface area contributed by atoms with Crippen molar-refractivity contribution in [3.05, 3.63) is 71.5 Å². The van der Waals surface area contributed by atoms with Crippen LogP contribution in [0.2, 0.25) is 0 Å². The molecule has 0 spiro atoms. The molecule has 1 aromatic carbocycles. The van der Waals surface area contributed by atoms with Crippen LogP contribution >= 0.6 is 0 Å². The standard InChI is InChI=1S/C19H21F3O2/c1-13-16(24-17(23)15-9-5-4-6-10-15)11-7-8-12-18(13,3)14(2)19(20,21)22/h4-12,14,17,23H,1-3H3. The van der Waals surface area contributed by atoms with Gasteiger partial charge in [0.2, 0.25) is 6.29 Å². The second-order valence-electron chi connectivity index (χ2n) is 6.13. The Kier molecular flexibility index (Phi) is 5.23. The molecule has 1 aromatic rings. The number of aliphatic hydroxyl groups is 1. The van der Waals surface area contributed by atoms with E-state index in [1.54, 1.807) is 55.5 Å². The summed E-state index contributed by atoms with van der Waals surface area (Å²) >= 11 is 0. The molecule has 3 unspecified atom stereocenters. The molecule has 0 aromatic heterocycles. The van der Waals surface area contributed by atoms with Crippen molar-refractivity contribution in [1.29, 1.82) is 0 Å². The van der Waals surface area contributed by atoms with Crippen molar-refractivity contribution in [2.75, 3.05) is 0 Å². The zero-order valence-corrected chi connectivity index (χ0v) is 13.8. The topological polar surface area (TPSA) is 29.5 Å². The molecule has 0 aliphatic heterocycles. The van der Waals surface area contributed by atoms with E-state index < -0.39 is 23.8 Å². The molecule has 3 atom stereocenters. The molecular weight excluding hydrogens is 317 g/mol. The number of rotatable bonds is 4. The third-order valence-corrected chi connectivity index (χ3v) is 4.69. The van der Waals surface area contributed by atoms with E-state index in [0.717, 1.165) is 6.92 Å². The fraction of sp³-hybridized carbons (Fsp3) is 0.368. The number of halogens is 3. The number of hydrogen-bond donors (Lipinski definition) is 1. The number of alkyl halides is 3. The van der Waals surface area contributed by atoms with Gasteiger partial charge < -0.3 is 9.84 Å². The molecule has 0 amide bonds. The average Bonchev–Trinajstić information content (AvgIpc) is 2.68. The van der Waals surface area contributed by atoms with Crippen molar-refractivity contribution in [3.8, 4) is 0 Å². The molecule has 0 saturated heterocycles. The lowest BCUT2D eigenvalue weighted by molar-refractivity contribution is -0.188. The molecule has 1 aliphatic carbocycles. The van der Waals surface area contributed by atoms with Crippen LogP contribution in [0.5, 0.6) is 0 Å². The number of aliphatic hydroxyl groups excluding tert-OH is 1. The SMILES string of the molecule is CC1=C(OC(O)c2ccccc2)C=CC=CC1(C)C(C)C(F)(F)F. The minimum atomic E-state index is -4.34. The first-order chi connectivity index (χ1) is 11.2. The van der Waals surface area contributed by atoms with Crippen LogP contribution in [0, 0.1) is 11.3 Å². The Balaban J connectivity index is 2.36. The molecule has 0 fully saturated rings. The van der Waals surface area contributed by atoms with E-state index in [2.05, 4.69) is 0 Å². The maximum atomic E-state index is 13.3. The number of allylic oxidation sites excluding steroid dienone is 5. The highest BCUT2D eigenvalue weighted by atomic mass is 19.4. The smallest absolute Gasteiger partial charge is 0.392 e. The summed E-state index contributed by atoms with van der Waals surface area (Å²) in [4.78, 5) is 0. The van der Waals surface area contributed by atoms with Gasteiger partial charge in [0.1, 0.15) is 5.76 Å². The Labute approximate surface area is 140 Å². The van der Waals surface area contributed by atoms with E-state index in [1.165, 1.54) is 13.0 Å². The lowest BCUT2D eigenvalue weighted by atomic mass is 9.72. The first-order valence-electron chi connectivity index (χ1n) is 7.70. The number of hydrogen-bond acceptors (Lipinski definition) is 2. The first kappa shape index (κ1) is 18.3. The highest BCUT2D eigenvalue weighted by molar-refractivity contribution is 5.35. The molecular formula is C19H21F3O2. The third kappa shape index (κ3) is 3.73. The highest BCUT2D eigenvalue weighted by Crippen LogP contribution is 2.47. The summed E-state index contributed by atoms with van der Waals surface area (Å²) in [6.07, 6.45) is 0.717. The summed E-state index contributed by atoms with van der Waals surface area (Å²) in [6.45, 7) is 4.29. The Hall–Kier alpha value is -2.01. The number of benzene rings is 1. The molecule has 1 N–H and O–H groups in total. The van der Waals surface area contributed by atoms with Crippen molar-refractivity contribution in [2.24, 2.45) is 11.3 Å². The van der Waals surface area contributed by atoms with Crippen LogP contribution in [0.4, 0.5) is 13.2 Å². The highest BCUT2D eigenvalue weighted by Gasteiger charge is 2.48. The maximum absolute atomic E-state index is 13.3. The van der Waals surface area contributed by atoms with E-state index in [0.29, 0.717) is 11.1 Å². The normalized spacial score (nSPS) is 23.8. The Bertz CT molecular complexity index is 659. The van der Waals surface area contributed by atoms with Crippen LogP contribution in [0.15, 0.2) is 66.0 Å². The van der Waals surface area contributed by atoms with E-state index >= 15 is 0 Å². The zero-order chi connectivity index (χ0) is 18.0. The van der Waals surface area contributed by atoms with Crippen molar-refractivity contribution in [3.63, 3.8) is 0 Å². The van der Waals surface area contributed by atoms with E-state index in [4.69, 9.17) is 4.74 Å². The summed E-state index contributed by atoms with van der Waals surface area (Å²) in [5.41, 5.74) is -0.297. The Morgan fingerprint density at radius 1 is 1.12 bits per heavy atom. The molecule has 0 heterocycles. The zero-order valence-electron chi connectivity index (χ0n) is 13.8. The molecule has 1 aliphatic rings. The minimum absolute atomic E-state index is 0.245. The van der Waals surface area contributed by atoms with Gasteiger partial charge in [0.15, 0.2) is 0 Å².